The molecule has 0 aromatic rings. The molecular weight excluding hydrogens is 700 g/mol. The van der Waals surface area contributed by atoms with Crippen LogP contribution in [-0.4, -0.2) is 92.4 Å². The van der Waals surface area contributed by atoms with Gasteiger partial charge in [-0.15, -0.1) is 0 Å². The number of methoxy groups -OCH3 is 1. The van der Waals surface area contributed by atoms with Crippen LogP contribution in [0.1, 0.15) is 131 Å². The molecule has 1 rings (SSSR count). The predicted molar refractivity (Wildman–Crippen MR) is 219 cm³/mol. The summed E-state index contributed by atoms with van der Waals surface area (Å²) in [6, 6.07) is 0. The molecule has 0 fully saturated rings. The third kappa shape index (κ3) is 23.3. The lowest BCUT2D eigenvalue weighted by molar-refractivity contribution is -0.157. The van der Waals surface area contributed by atoms with Crippen molar-refractivity contribution in [1.82, 2.24) is 0 Å². The monoisotopic (exact) mass is 777 g/mol. The summed E-state index contributed by atoms with van der Waals surface area (Å²) in [5.74, 6) is -2.11. The zero-order valence-electron chi connectivity index (χ0n) is 34.8. The summed E-state index contributed by atoms with van der Waals surface area (Å²) in [4.78, 5) is 24.0. The van der Waals surface area contributed by atoms with Gasteiger partial charge in [0.25, 0.3) is 0 Å². The van der Waals surface area contributed by atoms with E-state index in [0.717, 1.165) is 32.1 Å². The van der Waals surface area contributed by atoms with Crippen LogP contribution in [0.15, 0.2) is 60.3 Å². The second-order valence-corrected chi connectivity index (χ2v) is 16.3. The van der Waals surface area contributed by atoms with Gasteiger partial charge in [-0.25, -0.2) is 0 Å². The first kappa shape index (κ1) is 50.4. The average Bonchev–Trinajstić information content (AvgIpc) is 3.12. The summed E-state index contributed by atoms with van der Waals surface area (Å²) in [5.41, 5.74) is 1.19. The Morgan fingerprint density at radius 3 is 2.29 bits per heavy atom. The summed E-state index contributed by atoms with van der Waals surface area (Å²) in [6.45, 7) is 11.7. The van der Waals surface area contributed by atoms with E-state index in [4.69, 9.17) is 14.6 Å². The van der Waals surface area contributed by atoms with Gasteiger partial charge in [-0.05, 0) is 101 Å². The van der Waals surface area contributed by atoms with Crippen molar-refractivity contribution < 1.29 is 49.7 Å². The van der Waals surface area contributed by atoms with E-state index in [-0.39, 0.29) is 55.5 Å². The molecule has 0 aliphatic carbocycles. The lowest BCUT2D eigenvalue weighted by Crippen LogP contribution is -2.37. The highest BCUT2D eigenvalue weighted by Gasteiger charge is 2.32. The Morgan fingerprint density at radius 1 is 0.945 bits per heavy atom. The van der Waals surface area contributed by atoms with Crippen molar-refractivity contribution in [1.29, 1.82) is 0 Å². The Hall–Kier alpha value is -2.60. The van der Waals surface area contributed by atoms with Gasteiger partial charge in [0.2, 0.25) is 0 Å². The largest absolute Gasteiger partial charge is 0.481 e. The molecule has 0 amide bonds. The van der Waals surface area contributed by atoms with Crippen molar-refractivity contribution in [2.45, 2.75) is 174 Å². The molecule has 0 spiro atoms. The van der Waals surface area contributed by atoms with Crippen LogP contribution in [0.2, 0.25) is 0 Å². The minimum Gasteiger partial charge on any atom is -0.481 e. The second-order valence-electron chi connectivity index (χ2n) is 16.3. The zero-order chi connectivity index (χ0) is 41.3. The SMILES string of the molecule is CO[C@@H]1C/C=C\C=C\C[C@H](C)[C@@H](O)C[C@@H](O)[C@H](C)[C@H](O)CC(=O)O[C@H]([C@H](C)[C@H](C)/C=C(\C)CC/C=C/C=C/CC(O)CC(C)CCC(=O)O)C[C@H](O)CCC1. The highest BCUT2D eigenvalue weighted by Crippen LogP contribution is 2.28. The Balaban J connectivity index is 2.93. The van der Waals surface area contributed by atoms with Gasteiger partial charge in [0.05, 0.1) is 43.0 Å². The number of aliphatic hydroxyl groups excluding tert-OH is 5. The van der Waals surface area contributed by atoms with Crippen molar-refractivity contribution in [3.8, 4) is 0 Å². The van der Waals surface area contributed by atoms with Crippen LogP contribution in [0.4, 0.5) is 0 Å². The van der Waals surface area contributed by atoms with Crippen LogP contribution in [0, 0.1) is 29.6 Å². The smallest absolute Gasteiger partial charge is 0.308 e. The van der Waals surface area contributed by atoms with E-state index in [1.54, 1.807) is 14.0 Å². The lowest BCUT2D eigenvalue weighted by atomic mass is 9.85. The van der Waals surface area contributed by atoms with Crippen molar-refractivity contribution in [3.63, 3.8) is 0 Å². The quantitative estimate of drug-likeness (QED) is 0.0552. The van der Waals surface area contributed by atoms with Crippen LogP contribution in [0.5, 0.6) is 0 Å². The van der Waals surface area contributed by atoms with E-state index in [1.165, 1.54) is 5.57 Å². The van der Waals surface area contributed by atoms with Gasteiger partial charge < -0.3 is 40.1 Å². The van der Waals surface area contributed by atoms with Crippen molar-refractivity contribution in [3.05, 3.63) is 60.3 Å². The van der Waals surface area contributed by atoms with Gasteiger partial charge in [0, 0.05) is 25.9 Å². The normalized spacial score (nSPS) is 31.1. The maximum absolute atomic E-state index is 13.3. The summed E-state index contributed by atoms with van der Waals surface area (Å²) in [5, 5.41) is 62.7. The number of aliphatic carboxylic acids is 1. The Kier molecular flexibility index (Phi) is 26.3. The molecule has 0 aromatic heterocycles. The number of cyclic esters (lactones) is 1. The number of ether oxygens (including phenoxy) is 2. The summed E-state index contributed by atoms with van der Waals surface area (Å²) >= 11 is 0. The van der Waals surface area contributed by atoms with Gasteiger partial charge in [-0.2, -0.15) is 0 Å². The molecule has 0 aromatic carbocycles. The van der Waals surface area contributed by atoms with Gasteiger partial charge >= 0.3 is 11.9 Å². The number of hydrogen-bond donors (Lipinski definition) is 6. The molecule has 10 heteroatoms. The second kappa shape index (κ2) is 28.7. The van der Waals surface area contributed by atoms with Gasteiger partial charge in [0.15, 0.2) is 0 Å². The maximum Gasteiger partial charge on any atom is 0.308 e. The molecule has 0 bridgehead atoms. The van der Waals surface area contributed by atoms with E-state index in [9.17, 15) is 35.1 Å². The standard InChI is InChI=1S/C45H76O10/c1-31(18-13-9-8-10-15-20-37(46)27-32(2)24-25-44(51)52)26-34(4)35(5)43-28-38(47)21-17-23-39(54-7)22-16-12-11-14-19-33(3)40(48)29-41(49)36(6)42(50)30-45(53)55-43/h8-12,14-16,26,32-43,46-50H,13,17-25,27-30H2,1-7H3,(H,51,52)/b9-8+,14-11+,15-10+,16-12-,31-26+/t32?,33-,34+,35+,36-,37?,38+,39+,40-,41+,42+,43-/m0/s1. The first-order valence-electron chi connectivity index (χ1n) is 20.7. The zero-order valence-corrected chi connectivity index (χ0v) is 34.8. The Bertz CT molecular complexity index is 1210. The van der Waals surface area contributed by atoms with Gasteiger partial charge in [0.1, 0.15) is 6.10 Å². The third-order valence-corrected chi connectivity index (χ3v) is 11.2. The molecule has 1 aliphatic rings. The fourth-order valence-electron chi connectivity index (χ4n) is 6.90. The van der Waals surface area contributed by atoms with E-state index in [0.29, 0.717) is 32.1 Å². The van der Waals surface area contributed by atoms with Crippen molar-refractivity contribution in [2.24, 2.45) is 29.6 Å². The fraction of sp³-hybridized carbons (Fsp3) is 0.733. The molecule has 6 N–H and O–H groups in total. The summed E-state index contributed by atoms with van der Waals surface area (Å²) < 4.78 is 11.7. The molecule has 316 valence electrons. The molecule has 55 heavy (non-hydrogen) atoms. The summed E-state index contributed by atoms with van der Waals surface area (Å²) in [6.07, 6.45) is 20.2. The number of carboxylic acids is 1. The van der Waals surface area contributed by atoms with Crippen LogP contribution >= 0.6 is 0 Å². The van der Waals surface area contributed by atoms with Gasteiger partial charge in [-0.1, -0.05) is 94.9 Å². The van der Waals surface area contributed by atoms with Crippen LogP contribution in [-0.2, 0) is 19.1 Å². The molecule has 0 saturated carbocycles. The highest BCUT2D eigenvalue weighted by molar-refractivity contribution is 5.70. The van der Waals surface area contributed by atoms with Crippen LogP contribution in [0.3, 0.4) is 0 Å². The fourth-order valence-corrected chi connectivity index (χ4v) is 6.90. The first-order chi connectivity index (χ1) is 26.0. The first-order valence-corrected chi connectivity index (χ1v) is 20.7. The van der Waals surface area contributed by atoms with Crippen LogP contribution in [0.25, 0.3) is 0 Å². The molecule has 10 nitrogen and oxygen atoms in total. The number of carboxylic acid groups (broad SMARTS) is 1. The molecule has 0 radical (unpaired) electrons. The topological polar surface area (TPSA) is 174 Å². The molecule has 12 atom stereocenters. The highest BCUT2D eigenvalue weighted by atomic mass is 16.5. The van der Waals surface area contributed by atoms with Crippen LogP contribution < -0.4 is 0 Å². The maximum atomic E-state index is 13.3. The average molecular weight is 777 g/mol. The van der Waals surface area contributed by atoms with Gasteiger partial charge in [-0.3, -0.25) is 9.59 Å². The number of hydrogen-bond acceptors (Lipinski definition) is 9. The molecular formula is C45H76O10. The minimum absolute atomic E-state index is 0.0110. The third-order valence-electron chi connectivity index (χ3n) is 11.2. The number of aliphatic hydroxyl groups is 5. The Labute approximate surface area is 332 Å². The van der Waals surface area contributed by atoms with E-state index in [2.05, 4.69) is 26.0 Å². The summed E-state index contributed by atoms with van der Waals surface area (Å²) in [7, 11) is 1.69. The molecule has 1 aliphatic heterocycles. The lowest BCUT2D eigenvalue weighted by Gasteiger charge is -2.31. The predicted octanol–water partition coefficient (Wildman–Crippen LogP) is 7.63. The van der Waals surface area contributed by atoms with Crippen molar-refractivity contribution >= 4 is 11.9 Å². The molecule has 2 unspecified atom stereocenters. The number of carbonyl (C=O) groups excluding carboxylic acids is 1. The number of rotatable bonds is 15. The molecule has 1 heterocycles. The molecule has 0 saturated heterocycles. The van der Waals surface area contributed by atoms with E-state index >= 15 is 0 Å². The number of carbonyl (C=O) groups is 2. The van der Waals surface area contributed by atoms with Crippen molar-refractivity contribution in [2.75, 3.05) is 7.11 Å². The van der Waals surface area contributed by atoms with E-state index in [1.807, 2.05) is 63.3 Å². The van der Waals surface area contributed by atoms with E-state index < -0.39 is 54.5 Å². The number of allylic oxidation sites excluding steroid dienone is 8. The Morgan fingerprint density at radius 2 is 1.62 bits per heavy atom. The number of esters is 1. The minimum atomic E-state index is -1.16.